The van der Waals surface area contributed by atoms with Gasteiger partial charge in [-0.3, -0.25) is 4.79 Å². The molecule has 0 saturated carbocycles. The summed E-state index contributed by atoms with van der Waals surface area (Å²) in [5.74, 6) is -0.240. The summed E-state index contributed by atoms with van der Waals surface area (Å²) in [6, 6.07) is -0.918. The third-order valence-corrected chi connectivity index (χ3v) is 17.1. The van der Waals surface area contributed by atoms with Gasteiger partial charge < -0.3 is 65.1 Å². The Morgan fingerprint density at radius 2 is 0.795 bits per heavy atom. The van der Waals surface area contributed by atoms with Crippen LogP contribution in [-0.4, -0.2) is 140 Å². The molecule has 0 spiro atoms. The maximum absolute atomic E-state index is 13.3. The molecule has 1 amide bonds. The first-order valence-corrected chi connectivity index (χ1v) is 34.7. The largest absolute Gasteiger partial charge is 0.394 e. The summed E-state index contributed by atoms with van der Waals surface area (Å²) in [6.07, 6.45) is 51.9. The van der Waals surface area contributed by atoms with E-state index in [1.54, 1.807) is 6.08 Å². The second-order valence-corrected chi connectivity index (χ2v) is 24.7. The second-order valence-electron chi connectivity index (χ2n) is 24.7. The molecule has 9 N–H and O–H groups in total. The third-order valence-electron chi connectivity index (χ3n) is 17.1. The number of hydrogen-bond donors (Lipinski definition) is 9. The van der Waals surface area contributed by atoms with E-state index < -0.39 is 86.8 Å². The second kappa shape index (κ2) is 54.4. The highest BCUT2D eigenvalue weighted by Crippen LogP contribution is 2.30. The van der Waals surface area contributed by atoms with Crippen LogP contribution in [0.1, 0.15) is 303 Å². The molecule has 2 saturated heterocycles. The zero-order valence-corrected chi connectivity index (χ0v) is 53.0. The fourth-order valence-electron chi connectivity index (χ4n) is 11.5. The fraction of sp³-hybridized carbons (Fsp3) is 0.899. The summed E-state index contributed by atoms with van der Waals surface area (Å²) in [5, 5.41) is 87.4. The molecule has 2 fully saturated rings. The van der Waals surface area contributed by atoms with Gasteiger partial charge in [-0.2, -0.15) is 0 Å². The van der Waals surface area contributed by atoms with Crippen molar-refractivity contribution >= 4 is 5.91 Å². The standard InChI is InChI=1S/C69H129NO13/c1-3-5-7-9-11-13-15-17-19-21-23-25-26-27-28-29-30-31-33-34-36-38-40-42-44-46-48-50-52-58(73)57(56-80-68-66(79)64(77)67(60(55-72)82-68)83-69-65(78)63(76)62(75)59(54-71)81-69)70-61(74)53-51-49-47-45-43-41-39-37-35-32-24-22-20-18-16-14-12-10-8-6-4-2/h16,18,22,24,50,52,57-60,62-69,71-73,75-79H,3-15,17,19-21,23,25-49,51,53-56H2,1-2H3,(H,70,74)/b18-16-,24-22-,52-50+. The highest BCUT2D eigenvalue weighted by Gasteiger charge is 2.51. The number of rotatable bonds is 57. The molecule has 2 aliphatic rings. The number of carbonyl (C=O) groups excluding carboxylic acids is 1. The number of nitrogens with one attached hydrogen (secondary N) is 1. The van der Waals surface area contributed by atoms with Crippen molar-refractivity contribution in [3.05, 3.63) is 36.5 Å². The number of unbranched alkanes of at least 4 members (excludes halogenated alkanes) is 40. The van der Waals surface area contributed by atoms with Gasteiger partial charge in [-0.05, 0) is 51.4 Å². The van der Waals surface area contributed by atoms with Crippen LogP contribution in [0, 0.1) is 0 Å². The van der Waals surface area contributed by atoms with Crippen molar-refractivity contribution in [2.24, 2.45) is 0 Å². The third kappa shape index (κ3) is 39.0. The van der Waals surface area contributed by atoms with Crippen LogP contribution >= 0.6 is 0 Å². The van der Waals surface area contributed by atoms with Gasteiger partial charge in [0.25, 0.3) is 0 Å². The highest BCUT2D eigenvalue weighted by molar-refractivity contribution is 5.76. The molecule has 12 atom stereocenters. The van der Waals surface area contributed by atoms with Crippen molar-refractivity contribution in [2.45, 2.75) is 376 Å². The van der Waals surface area contributed by atoms with E-state index >= 15 is 0 Å². The average Bonchev–Trinajstić information content (AvgIpc) is 3.59. The van der Waals surface area contributed by atoms with E-state index in [9.17, 15) is 45.6 Å². The Morgan fingerprint density at radius 3 is 1.20 bits per heavy atom. The van der Waals surface area contributed by atoms with Crippen LogP contribution in [0.15, 0.2) is 36.5 Å². The van der Waals surface area contributed by atoms with Gasteiger partial charge in [0.2, 0.25) is 5.91 Å². The first-order valence-electron chi connectivity index (χ1n) is 34.7. The highest BCUT2D eigenvalue weighted by atomic mass is 16.7. The SMILES string of the molecule is CCCCCCC/C=C\C/C=C\CCCCCCCCCCCC(=O)NC(COC1OC(CO)C(OC2OC(CO)C(O)C(O)C2O)C(O)C1O)C(O)/C=C/CCCCCCCCCCCCCCCCCCCCCCCCCCCC. The van der Waals surface area contributed by atoms with Crippen LogP contribution in [0.4, 0.5) is 0 Å². The molecular formula is C69H129NO13. The summed E-state index contributed by atoms with van der Waals surface area (Å²) < 4.78 is 22.9. The molecule has 83 heavy (non-hydrogen) atoms. The van der Waals surface area contributed by atoms with E-state index in [-0.39, 0.29) is 18.9 Å². The van der Waals surface area contributed by atoms with E-state index in [4.69, 9.17) is 18.9 Å². The summed E-state index contributed by atoms with van der Waals surface area (Å²) >= 11 is 0. The van der Waals surface area contributed by atoms with Gasteiger partial charge >= 0.3 is 0 Å². The Hall–Kier alpha value is -1.79. The molecule has 0 aromatic rings. The summed E-state index contributed by atoms with van der Waals surface area (Å²) in [7, 11) is 0. The van der Waals surface area contributed by atoms with Crippen LogP contribution in [0.5, 0.6) is 0 Å². The van der Waals surface area contributed by atoms with Crippen LogP contribution < -0.4 is 5.32 Å². The molecule has 2 heterocycles. The molecule has 0 radical (unpaired) electrons. The van der Waals surface area contributed by atoms with Gasteiger partial charge in [-0.25, -0.2) is 0 Å². The molecule has 12 unspecified atom stereocenters. The van der Waals surface area contributed by atoms with Crippen LogP contribution in [0.3, 0.4) is 0 Å². The fourth-order valence-corrected chi connectivity index (χ4v) is 11.5. The number of allylic oxidation sites excluding steroid dienone is 5. The summed E-state index contributed by atoms with van der Waals surface area (Å²) in [4.78, 5) is 13.3. The molecule has 0 aliphatic carbocycles. The zero-order valence-electron chi connectivity index (χ0n) is 53.0. The first-order chi connectivity index (χ1) is 40.6. The summed E-state index contributed by atoms with van der Waals surface area (Å²) in [6.45, 7) is 2.83. The zero-order chi connectivity index (χ0) is 60.2. The Bertz CT molecular complexity index is 1530. The number of amides is 1. The van der Waals surface area contributed by atoms with Crippen molar-refractivity contribution in [3.63, 3.8) is 0 Å². The van der Waals surface area contributed by atoms with E-state index in [0.717, 1.165) is 51.4 Å². The molecule has 2 rings (SSSR count). The molecule has 2 aliphatic heterocycles. The van der Waals surface area contributed by atoms with E-state index in [1.165, 1.54) is 225 Å². The number of hydrogen-bond acceptors (Lipinski definition) is 13. The number of ether oxygens (including phenoxy) is 4. The molecule has 0 bridgehead atoms. The van der Waals surface area contributed by atoms with E-state index in [1.807, 2.05) is 6.08 Å². The molecule has 488 valence electrons. The summed E-state index contributed by atoms with van der Waals surface area (Å²) in [5.41, 5.74) is 0. The lowest BCUT2D eigenvalue weighted by Gasteiger charge is -2.46. The minimum Gasteiger partial charge on any atom is -0.394 e. The van der Waals surface area contributed by atoms with Crippen LogP contribution in [0.25, 0.3) is 0 Å². The van der Waals surface area contributed by atoms with Gasteiger partial charge in [-0.15, -0.1) is 0 Å². The van der Waals surface area contributed by atoms with E-state index in [0.29, 0.717) is 6.42 Å². The predicted molar refractivity (Wildman–Crippen MR) is 337 cm³/mol. The van der Waals surface area contributed by atoms with Crippen molar-refractivity contribution < 1.29 is 64.6 Å². The molecule has 14 heteroatoms. The van der Waals surface area contributed by atoms with Gasteiger partial charge in [0, 0.05) is 6.42 Å². The van der Waals surface area contributed by atoms with Crippen molar-refractivity contribution in [2.75, 3.05) is 19.8 Å². The monoisotopic (exact) mass is 1180 g/mol. The van der Waals surface area contributed by atoms with E-state index in [2.05, 4.69) is 43.5 Å². The quantitative estimate of drug-likeness (QED) is 0.0204. The Balaban J connectivity index is 1.69. The lowest BCUT2D eigenvalue weighted by Crippen LogP contribution is -2.65. The lowest BCUT2D eigenvalue weighted by molar-refractivity contribution is -0.359. The smallest absolute Gasteiger partial charge is 0.220 e. The minimum atomic E-state index is -1.79. The van der Waals surface area contributed by atoms with Crippen LogP contribution in [0.2, 0.25) is 0 Å². The molecule has 0 aromatic carbocycles. The predicted octanol–water partition coefficient (Wildman–Crippen LogP) is 13.7. The maximum atomic E-state index is 13.3. The normalized spacial score (nSPS) is 24.0. The lowest BCUT2D eigenvalue weighted by atomic mass is 9.97. The number of carbonyl (C=O) groups is 1. The minimum absolute atomic E-state index is 0.240. The Labute approximate surface area is 506 Å². The Kier molecular flexibility index (Phi) is 50.6. The van der Waals surface area contributed by atoms with Crippen LogP contribution in [-0.2, 0) is 23.7 Å². The number of aliphatic hydroxyl groups excluding tert-OH is 8. The molecule has 0 aromatic heterocycles. The van der Waals surface area contributed by atoms with Gasteiger partial charge in [0.1, 0.15) is 48.8 Å². The number of aliphatic hydroxyl groups is 8. The van der Waals surface area contributed by atoms with Gasteiger partial charge in [-0.1, -0.05) is 281 Å². The van der Waals surface area contributed by atoms with Gasteiger partial charge in [0.05, 0.1) is 32.0 Å². The maximum Gasteiger partial charge on any atom is 0.220 e. The van der Waals surface area contributed by atoms with Gasteiger partial charge in [0.15, 0.2) is 12.6 Å². The first kappa shape index (κ1) is 77.3. The van der Waals surface area contributed by atoms with Crippen molar-refractivity contribution in [3.8, 4) is 0 Å². The average molecular weight is 1180 g/mol. The molecular weight excluding hydrogens is 1050 g/mol. The molecule has 14 nitrogen and oxygen atoms in total. The van der Waals surface area contributed by atoms with Crippen molar-refractivity contribution in [1.82, 2.24) is 5.32 Å². The topological polar surface area (TPSA) is 228 Å². The van der Waals surface area contributed by atoms with Crippen molar-refractivity contribution in [1.29, 1.82) is 0 Å². The Morgan fingerprint density at radius 1 is 0.434 bits per heavy atom.